The molecule has 4 rings (SSSR count). The summed E-state index contributed by atoms with van der Waals surface area (Å²) in [5.41, 5.74) is 1.94. The van der Waals surface area contributed by atoms with Crippen LogP contribution in [-0.4, -0.2) is 59.0 Å². The van der Waals surface area contributed by atoms with Crippen molar-refractivity contribution in [2.75, 3.05) is 6.67 Å². The molecule has 3 aliphatic rings. The standard InChI is InChI=1S/C29H34F4N2O5/c1-17-5-6-18(16-30)15-23(17)27(35(20-9-10-20)25(36)13-14-26(37)38)22-3-2-4-24(22)34-28(39)19-7-11-21(12-8-19)40-29(31,32)33/h5,7-8,11-12,15,18,20,22,24,27H,2-4,6,9-10,13-14,16H2,1H3,(H,34,39)(H,37,38). The number of aliphatic carboxylic acids is 1. The van der Waals surface area contributed by atoms with E-state index in [0.29, 0.717) is 19.3 Å². The van der Waals surface area contributed by atoms with Gasteiger partial charge in [-0.15, -0.1) is 13.2 Å². The minimum Gasteiger partial charge on any atom is -0.481 e. The van der Waals surface area contributed by atoms with Crippen molar-refractivity contribution in [3.8, 4) is 5.75 Å². The summed E-state index contributed by atoms with van der Waals surface area (Å²) in [5.74, 6) is -2.78. The van der Waals surface area contributed by atoms with Crippen molar-refractivity contribution in [3.05, 3.63) is 53.1 Å². The van der Waals surface area contributed by atoms with Crippen LogP contribution in [0.4, 0.5) is 17.6 Å². The van der Waals surface area contributed by atoms with Gasteiger partial charge in [-0.1, -0.05) is 24.1 Å². The molecule has 7 nitrogen and oxygen atoms in total. The molecule has 2 N–H and O–H groups in total. The zero-order chi connectivity index (χ0) is 29.0. The minimum absolute atomic E-state index is 0.0520. The molecular formula is C29H34F4N2O5. The molecule has 2 amide bonds. The van der Waals surface area contributed by atoms with Gasteiger partial charge in [0.1, 0.15) is 5.75 Å². The van der Waals surface area contributed by atoms with Crippen molar-refractivity contribution in [1.82, 2.24) is 10.2 Å². The first kappa shape index (κ1) is 29.6. The molecule has 0 radical (unpaired) electrons. The number of allylic oxidation sites excluding steroid dienone is 2. The number of rotatable bonds is 11. The average molecular weight is 567 g/mol. The molecule has 0 aromatic heterocycles. The van der Waals surface area contributed by atoms with E-state index >= 15 is 0 Å². The molecule has 0 spiro atoms. The fourth-order valence-electron chi connectivity index (χ4n) is 5.81. The quantitative estimate of drug-likeness (QED) is 0.342. The number of carboxylic acid groups (broad SMARTS) is 1. The lowest BCUT2D eigenvalue weighted by Gasteiger charge is -2.41. The SMILES string of the molecule is CC1=CCC(CF)C=C1C(C1CCCC1NC(=O)c1ccc(OC(F)(F)F)cc1)N(C(=O)CCC(=O)O)C1CC1. The Kier molecular flexibility index (Phi) is 9.20. The average Bonchev–Trinajstić information content (AvgIpc) is 3.63. The van der Waals surface area contributed by atoms with Crippen molar-refractivity contribution >= 4 is 17.8 Å². The van der Waals surface area contributed by atoms with Crippen LogP contribution >= 0.6 is 0 Å². The zero-order valence-corrected chi connectivity index (χ0v) is 22.3. The summed E-state index contributed by atoms with van der Waals surface area (Å²) in [4.78, 5) is 39.6. The van der Waals surface area contributed by atoms with Gasteiger partial charge in [0.25, 0.3) is 5.91 Å². The van der Waals surface area contributed by atoms with Crippen LogP contribution in [0.1, 0.15) is 68.6 Å². The number of benzene rings is 1. The monoisotopic (exact) mass is 566 g/mol. The van der Waals surface area contributed by atoms with Crippen LogP contribution in [-0.2, 0) is 9.59 Å². The predicted octanol–water partition coefficient (Wildman–Crippen LogP) is 5.57. The second kappa shape index (κ2) is 12.4. The van der Waals surface area contributed by atoms with Crippen LogP contribution in [0.5, 0.6) is 5.75 Å². The van der Waals surface area contributed by atoms with Crippen LogP contribution in [0.2, 0.25) is 0 Å². The number of hydrogen-bond acceptors (Lipinski definition) is 4. The molecule has 3 aliphatic carbocycles. The topological polar surface area (TPSA) is 95.9 Å². The molecule has 1 aromatic carbocycles. The number of nitrogens with zero attached hydrogens (tertiary/aromatic N) is 1. The largest absolute Gasteiger partial charge is 0.573 e. The van der Waals surface area contributed by atoms with Gasteiger partial charge in [0, 0.05) is 35.9 Å². The fourth-order valence-corrected chi connectivity index (χ4v) is 5.81. The van der Waals surface area contributed by atoms with Gasteiger partial charge >= 0.3 is 12.3 Å². The molecular weight excluding hydrogens is 532 g/mol. The molecule has 4 unspecified atom stereocenters. The van der Waals surface area contributed by atoms with Crippen LogP contribution in [0.3, 0.4) is 0 Å². The Morgan fingerprint density at radius 3 is 2.40 bits per heavy atom. The van der Waals surface area contributed by atoms with E-state index in [-0.39, 0.29) is 48.2 Å². The lowest BCUT2D eigenvalue weighted by atomic mass is 9.79. The highest BCUT2D eigenvalue weighted by Crippen LogP contribution is 2.43. The number of carbonyl (C=O) groups is 3. The highest BCUT2D eigenvalue weighted by molar-refractivity contribution is 5.94. The molecule has 0 aliphatic heterocycles. The maximum Gasteiger partial charge on any atom is 0.573 e. The van der Waals surface area contributed by atoms with E-state index in [4.69, 9.17) is 0 Å². The van der Waals surface area contributed by atoms with Gasteiger partial charge in [-0.05, 0) is 68.9 Å². The number of nitrogens with one attached hydrogen (secondary N) is 1. The molecule has 11 heteroatoms. The molecule has 0 heterocycles. The molecule has 0 bridgehead atoms. The van der Waals surface area contributed by atoms with E-state index in [2.05, 4.69) is 10.1 Å². The van der Waals surface area contributed by atoms with E-state index in [1.54, 1.807) is 4.90 Å². The van der Waals surface area contributed by atoms with Gasteiger partial charge in [0.15, 0.2) is 0 Å². The van der Waals surface area contributed by atoms with E-state index < -0.39 is 36.7 Å². The third kappa shape index (κ3) is 7.42. The van der Waals surface area contributed by atoms with Gasteiger partial charge in [-0.3, -0.25) is 18.8 Å². The van der Waals surface area contributed by atoms with E-state index in [1.165, 1.54) is 12.1 Å². The highest BCUT2D eigenvalue weighted by atomic mass is 19.4. The summed E-state index contributed by atoms with van der Waals surface area (Å²) in [6, 6.07) is 3.80. The summed E-state index contributed by atoms with van der Waals surface area (Å²) in [7, 11) is 0. The molecule has 2 saturated carbocycles. The summed E-state index contributed by atoms with van der Waals surface area (Å²) >= 11 is 0. The van der Waals surface area contributed by atoms with Crippen LogP contribution in [0, 0.1) is 11.8 Å². The molecule has 1 aromatic rings. The van der Waals surface area contributed by atoms with Gasteiger partial charge in [0.05, 0.1) is 19.1 Å². The van der Waals surface area contributed by atoms with E-state index in [9.17, 15) is 37.1 Å². The maximum atomic E-state index is 13.8. The number of amides is 2. The van der Waals surface area contributed by atoms with Crippen LogP contribution < -0.4 is 10.1 Å². The van der Waals surface area contributed by atoms with Crippen molar-refractivity contribution in [2.24, 2.45) is 11.8 Å². The maximum absolute atomic E-state index is 13.8. The lowest BCUT2D eigenvalue weighted by molar-refractivity contribution is -0.274. The summed E-state index contributed by atoms with van der Waals surface area (Å²) < 4.78 is 55.2. The normalized spacial score (nSPS) is 23.6. The van der Waals surface area contributed by atoms with Crippen molar-refractivity contribution in [2.45, 2.75) is 82.8 Å². The van der Waals surface area contributed by atoms with Crippen LogP contribution in [0.25, 0.3) is 0 Å². The van der Waals surface area contributed by atoms with Crippen LogP contribution in [0.15, 0.2) is 47.6 Å². The first-order valence-corrected chi connectivity index (χ1v) is 13.6. The molecule has 40 heavy (non-hydrogen) atoms. The third-order valence-corrected chi connectivity index (χ3v) is 7.84. The minimum atomic E-state index is -4.84. The third-order valence-electron chi connectivity index (χ3n) is 7.84. The van der Waals surface area contributed by atoms with Gasteiger partial charge in [-0.25, -0.2) is 0 Å². The second-order valence-electron chi connectivity index (χ2n) is 10.8. The first-order valence-electron chi connectivity index (χ1n) is 13.6. The van der Waals surface area contributed by atoms with Gasteiger partial charge < -0.3 is 20.1 Å². The van der Waals surface area contributed by atoms with E-state index in [1.807, 2.05) is 19.1 Å². The van der Waals surface area contributed by atoms with Gasteiger partial charge in [-0.2, -0.15) is 0 Å². The Bertz CT molecular complexity index is 1160. The van der Waals surface area contributed by atoms with Crippen molar-refractivity contribution in [3.63, 3.8) is 0 Å². The number of ether oxygens (including phenoxy) is 1. The molecule has 4 atom stereocenters. The number of hydrogen-bond donors (Lipinski definition) is 2. The molecule has 2 fully saturated rings. The number of carboxylic acids is 1. The Labute approximate surface area is 230 Å². The smallest absolute Gasteiger partial charge is 0.481 e. The number of carbonyl (C=O) groups excluding carboxylic acids is 2. The fraction of sp³-hybridized carbons (Fsp3) is 0.552. The Hall–Kier alpha value is -3.37. The van der Waals surface area contributed by atoms with Crippen molar-refractivity contribution < 1.29 is 41.8 Å². The second-order valence-corrected chi connectivity index (χ2v) is 10.8. The Balaban J connectivity index is 1.61. The summed E-state index contributed by atoms with van der Waals surface area (Å²) in [5, 5.41) is 12.2. The van der Waals surface area contributed by atoms with Crippen molar-refractivity contribution in [1.29, 1.82) is 0 Å². The molecule has 218 valence electrons. The summed E-state index contributed by atoms with van der Waals surface area (Å²) in [6.07, 6.45) is 2.77. The lowest BCUT2D eigenvalue weighted by Crippen LogP contribution is -2.52. The Morgan fingerprint density at radius 1 is 1.10 bits per heavy atom. The summed E-state index contributed by atoms with van der Waals surface area (Å²) in [6.45, 7) is 1.38. The number of alkyl halides is 4. The predicted molar refractivity (Wildman–Crippen MR) is 138 cm³/mol. The first-order chi connectivity index (χ1) is 19.0. The van der Waals surface area contributed by atoms with E-state index in [0.717, 1.165) is 42.5 Å². The molecule has 0 saturated heterocycles. The number of halogens is 4. The van der Waals surface area contributed by atoms with Gasteiger partial charge in [0.2, 0.25) is 5.91 Å². The zero-order valence-electron chi connectivity index (χ0n) is 22.3. The highest BCUT2D eigenvalue weighted by Gasteiger charge is 2.46. The Morgan fingerprint density at radius 2 is 1.80 bits per heavy atom.